The molecule has 0 bridgehead atoms. The highest BCUT2D eigenvalue weighted by atomic mass is 35.5. The monoisotopic (exact) mass is 371 g/mol. The number of anilines is 1. The minimum Gasteiger partial charge on any atom is -0.478 e. The van der Waals surface area contributed by atoms with Gasteiger partial charge in [0.05, 0.1) is 17.7 Å². The summed E-state index contributed by atoms with van der Waals surface area (Å²) < 4.78 is 6.16. The molecule has 1 saturated heterocycles. The summed E-state index contributed by atoms with van der Waals surface area (Å²) in [5.74, 6) is -0.596. The van der Waals surface area contributed by atoms with E-state index in [1.54, 1.807) is 12.1 Å². The van der Waals surface area contributed by atoms with E-state index >= 15 is 0 Å². The van der Waals surface area contributed by atoms with Gasteiger partial charge in [0.25, 0.3) is 0 Å². The lowest BCUT2D eigenvalue weighted by Crippen LogP contribution is -2.36. The second-order valence-corrected chi connectivity index (χ2v) is 7.72. The van der Waals surface area contributed by atoms with Crippen molar-refractivity contribution in [2.75, 3.05) is 11.9 Å². The van der Waals surface area contributed by atoms with E-state index in [0.29, 0.717) is 11.5 Å². The van der Waals surface area contributed by atoms with Gasteiger partial charge in [0.15, 0.2) is 0 Å². The van der Waals surface area contributed by atoms with Crippen molar-refractivity contribution in [1.29, 1.82) is 0 Å². The fourth-order valence-corrected chi connectivity index (χ4v) is 4.70. The summed E-state index contributed by atoms with van der Waals surface area (Å²) in [7, 11) is 0. The lowest BCUT2D eigenvalue weighted by atomic mass is 9.75. The first kappa shape index (κ1) is 17.4. The zero-order chi connectivity index (χ0) is 18.4. The Balaban J connectivity index is 1.82. The molecule has 136 valence electrons. The summed E-state index contributed by atoms with van der Waals surface area (Å²) >= 11 is 6.22. The van der Waals surface area contributed by atoms with Gasteiger partial charge in [-0.05, 0) is 73.7 Å². The highest BCUT2D eigenvalue weighted by molar-refractivity contribution is 6.30. The zero-order valence-electron chi connectivity index (χ0n) is 14.9. The molecule has 0 aliphatic carbocycles. The van der Waals surface area contributed by atoms with Crippen LogP contribution in [0.5, 0.6) is 0 Å². The highest BCUT2D eigenvalue weighted by Gasteiger charge is 2.40. The molecule has 2 aromatic carbocycles. The van der Waals surface area contributed by atoms with Gasteiger partial charge in [-0.15, -0.1) is 0 Å². The summed E-state index contributed by atoms with van der Waals surface area (Å²) in [6.07, 6.45) is 2.11. The summed E-state index contributed by atoms with van der Waals surface area (Å²) in [6, 6.07) is 9.52. The maximum atomic E-state index is 11.4. The number of fused-ring (bicyclic) bond motifs is 3. The van der Waals surface area contributed by atoms with Crippen molar-refractivity contribution < 1.29 is 14.6 Å². The lowest BCUT2D eigenvalue weighted by molar-refractivity contribution is -0.0382. The Hall–Kier alpha value is -2.04. The van der Waals surface area contributed by atoms with Crippen LogP contribution in [0.2, 0.25) is 5.02 Å². The van der Waals surface area contributed by atoms with Gasteiger partial charge in [-0.25, -0.2) is 4.79 Å². The molecule has 0 amide bonds. The average molecular weight is 372 g/mol. The summed E-state index contributed by atoms with van der Waals surface area (Å²) in [4.78, 5) is 11.4. The van der Waals surface area contributed by atoms with E-state index in [1.807, 2.05) is 32.0 Å². The number of carboxylic acids is 1. The molecule has 0 radical (unpaired) electrons. The van der Waals surface area contributed by atoms with Crippen LogP contribution in [-0.2, 0) is 4.74 Å². The van der Waals surface area contributed by atoms with E-state index in [9.17, 15) is 9.90 Å². The molecule has 0 saturated carbocycles. The maximum absolute atomic E-state index is 11.4. The first-order valence-corrected chi connectivity index (χ1v) is 9.35. The van der Waals surface area contributed by atoms with Gasteiger partial charge in [0.2, 0.25) is 0 Å². The lowest BCUT2D eigenvalue weighted by Gasteiger charge is -2.44. The average Bonchev–Trinajstić information content (AvgIpc) is 2.61. The number of carboxylic acid groups (broad SMARTS) is 1. The van der Waals surface area contributed by atoms with Gasteiger partial charge in [-0.3, -0.25) is 0 Å². The van der Waals surface area contributed by atoms with Gasteiger partial charge in [0.1, 0.15) is 0 Å². The van der Waals surface area contributed by atoms with Crippen molar-refractivity contribution in [2.45, 2.75) is 38.8 Å². The Bertz CT molecular complexity index is 857. The van der Waals surface area contributed by atoms with Crippen LogP contribution in [0.25, 0.3) is 0 Å². The Morgan fingerprint density at radius 1 is 1.23 bits per heavy atom. The minimum atomic E-state index is -0.891. The van der Waals surface area contributed by atoms with Gasteiger partial charge in [0, 0.05) is 28.8 Å². The molecule has 2 aromatic rings. The number of ether oxygens (including phenoxy) is 1. The molecule has 4 nitrogen and oxygen atoms in total. The Morgan fingerprint density at radius 2 is 1.96 bits per heavy atom. The Morgan fingerprint density at radius 3 is 2.65 bits per heavy atom. The zero-order valence-corrected chi connectivity index (χ0v) is 15.6. The van der Waals surface area contributed by atoms with Gasteiger partial charge in [-0.2, -0.15) is 0 Å². The van der Waals surface area contributed by atoms with Gasteiger partial charge in [-0.1, -0.05) is 11.6 Å². The third-order valence-electron chi connectivity index (χ3n) is 5.58. The molecule has 2 N–H and O–H groups in total. The Kier molecular flexibility index (Phi) is 4.41. The summed E-state index contributed by atoms with van der Waals surface area (Å²) in [5, 5.41) is 13.7. The second-order valence-electron chi connectivity index (χ2n) is 7.28. The molecule has 2 heterocycles. The molecular formula is C21H22ClNO3. The fraction of sp³-hybridized carbons (Fsp3) is 0.381. The highest BCUT2D eigenvalue weighted by Crippen LogP contribution is 2.50. The van der Waals surface area contributed by atoms with Gasteiger partial charge >= 0.3 is 5.97 Å². The van der Waals surface area contributed by atoms with E-state index in [1.165, 1.54) is 5.56 Å². The number of halogens is 1. The van der Waals surface area contributed by atoms with Crippen LogP contribution in [0.3, 0.4) is 0 Å². The molecule has 3 atom stereocenters. The second kappa shape index (κ2) is 6.60. The minimum absolute atomic E-state index is 0.0154. The standard InChI is InChI=1S/C21H22ClNO3/c1-11-8-13(21(24)25)9-12(2)18(11)19-15-4-3-7-26-20(15)16-10-14(22)5-6-17(16)23-19/h5-6,8-10,15,19-20,23H,3-4,7H2,1-2H3,(H,24,25)/t15-,19+,20-/m1/s1. The SMILES string of the molecule is Cc1cc(C(=O)O)cc(C)c1[C@H]1Nc2ccc(Cl)cc2[C@@H]2OCCC[C@H]12. The quantitative estimate of drug-likeness (QED) is 0.753. The number of hydrogen-bond acceptors (Lipinski definition) is 3. The van der Waals surface area contributed by atoms with Crippen LogP contribution >= 0.6 is 11.6 Å². The number of aryl methyl sites for hydroxylation is 2. The number of rotatable bonds is 2. The molecular weight excluding hydrogens is 350 g/mol. The van der Waals surface area contributed by atoms with E-state index in [4.69, 9.17) is 16.3 Å². The van der Waals surface area contributed by atoms with Crippen molar-refractivity contribution in [2.24, 2.45) is 5.92 Å². The maximum Gasteiger partial charge on any atom is 0.335 e. The third-order valence-corrected chi connectivity index (χ3v) is 5.81. The van der Waals surface area contributed by atoms with Gasteiger partial charge < -0.3 is 15.2 Å². The Labute approximate surface area is 158 Å². The fourth-order valence-electron chi connectivity index (χ4n) is 4.52. The van der Waals surface area contributed by atoms with E-state index in [2.05, 4.69) is 5.32 Å². The molecule has 1 fully saturated rings. The van der Waals surface area contributed by atoms with Crippen LogP contribution in [-0.4, -0.2) is 17.7 Å². The van der Waals surface area contributed by atoms with Crippen molar-refractivity contribution >= 4 is 23.3 Å². The van der Waals surface area contributed by atoms with Crippen molar-refractivity contribution in [3.63, 3.8) is 0 Å². The molecule has 0 unspecified atom stereocenters. The third kappa shape index (κ3) is 2.87. The normalized spacial score (nSPS) is 24.3. The number of hydrogen-bond donors (Lipinski definition) is 2. The van der Waals surface area contributed by atoms with Crippen molar-refractivity contribution in [3.8, 4) is 0 Å². The van der Waals surface area contributed by atoms with Crippen molar-refractivity contribution in [3.05, 3.63) is 63.2 Å². The van der Waals surface area contributed by atoms with Crippen LogP contribution in [0.1, 0.15) is 57.6 Å². The molecule has 5 heteroatoms. The molecule has 4 rings (SSSR count). The topological polar surface area (TPSA) is 58.6 Å². The largest absolute Gasteiger partial charge is 0.478 e. The smallest absolute Gasteiger partial charge is 0.335 e. The van der Waals surface area contributed by atoms with Crippen LogP contribution in [0, 0.1) is 19.8 Å². The summed E-state index contributed by atoms with van der Waals surface area (Å²) in [5.41, 5.74) is 5.68. The summed E-state index contributed by atoms with van der Waals surface area (Å²) in [6.45, 7) is 4.74. The number of aromatic carboxylic acids is 1. The predicted octanol–water partition coefficient (Wildman–Crippen LogP) is 5.29. The predicted molar refractivity (Wildman–Crippen MR) is 102 cm³/mol. The van der Waals surface area contributed by atoms with Crippen LogP contribution < -0.4 is 5.32 Å². The molecule has 0 aromatic heterocycles. The number of benzene rings is 2. The molecule has 2 aliphatic rings. The van der Waals surface area contributed by atoms with E-state index in [0.717, 1.165) is 46.8 Å². The van der Waals surface area contributed by atoms with Crippen molar-refractivity contribution in [1.82, 2.24) is 0 Å². The molecule has 0 spiro atoms. The number of carbonyl (C=O) groups is 1. The first-order valence-electron chi connectivity index (χ1n) is 8.97. The molecule has 2 aliphatic heterocycles. The van der Waals surface area contributed by atoms with E-state index < -0.39 is 5.97 Å². The van der Waals surface area contributed by atoms with E-state index in [-0.39, 0.29) is 12.1 Å². The molecule has 26 heavy (non-hydrogen) atoms. The number of nitrogens with one attached hydrogen (secondary N) is 1. The van der Waals surface area contributed by atoms with Crippen LogP contribution in [0.15, 0.2) is 30.3 Å². The van der Waals surface area contributed by atoms with Crippen LogP contribution in [0.4, 0.5) is 5.69 Å². The first-order chi connectivity index (χ1) is 12.5.